The van der Waals surface area contributed by atoms with Gasteiger partial charge in [0.1, 0.15) is 5.75 Å². The van der Waals surface area contributed by atoms with Crippen LogP contribution >= 0.6 is 27.5 Å². The second-order valence-corrected chi connectivity index (χ2v) is 6.50. The molecule has 2 heterocycles. The molecule has 0 amide bonds. The molecule has 1 aromatic carbocycles. The van der Waals surface area contributed by atoms with E-state index in [-0.39, 0.29) is 5.75 Å². The molecule has 7 nitrogen and oxygen atoms in total. The Hall–Kier alpha value is -0.870. The zero-order valence-corrected chi connectivity index (χ0v) is 13.3. The summed E-state index contributed by atoms with van der Waals surface area (Å²) in [6.45, 7) is 0. The van der Waals surface area contributed by atoms with Crippen LogP contribution < -0.4 is 0 Å². The highest BCUT2D eigenvalue weighted by Gasteiger charge is 2.65. The Balaban J connectivity index is 2.29. The van der Waals surface area contributed by atoms with Gasteiger partial charge in [0.2, 0.25) is 10.8 Å². The molecular formula is C13H13BrClNO6. The molecule has 120 valence electrons. The van der Waals surface area contributed by atoms with E-state index in [1.807, 2.05) is 0 Å². The van der Waals surface area contributed by atoms with Crippen LogP contribution in [-0.2, 0) is 10.5 Å². The van der Waals surface area contributed by atoms with Crippen molar-refractivity contribution in [1.82, 2.24) is 4.57 Å². The molecule has 1 saturated heterocycles. The van der Waals surface area contributed by atoms with Crippen molar-refractivity contribution < 1.29 is 30.3 Å². The maximum atomic E-state index is 10.9. The number of aromatic hydroxyl groups is 1. The number of nitrogens with zero attached hydrogens (tertiary/aromatic N) is 1. The predicted molar refractivity (Wildman–Crippen MR) is 80.4 cm³/mol. The summed E-state index contributed by atoms with van der Waals surface area (Å²) in [6, 6.07) is 6.46. The van der Waals surface area contributed by atoms with E-state index in [2.05, 4.69) is 15.9 Å². The highest BCUT2D eigenvalue weighted by molar-refractivity contribution is 9.09. The van der Waals surface area contributed by atoms with Crippen molar-refractivity contribution in [3.05, 3.63) is 30.5 Å². The average molecular weight is 395 g/mol. The molecule has 0 spiro atoms. The molecule has 0 radical (unpaired) electrons. The highest BCUT2D eigenvalue weighted by atomic mass is 79.9. The molecule has 3 rings (SSSR count). The van der Waals surface area contributed by atoms with Gasteiger partial charge in [-0.25, -0.2) is 0 Å². The summed E-state index contributed by atoms with van der Waals surface area (Å²) < 4.78 is 5.86. The molecule has 0 bridgehead atoms. The monoisotopic (exact) mass is 393 g/mol. The van der Waals surface area contributed by atoms with Gasteiger partial charge in [0.25, 0.3) is 0 Å². The Morgan fingerprint density at radius 1 is 1.23 bits per heavy atom. The smallest absolute Gasteiger partial charge is 0.226 e. The first-order valence-corrected chi connectivity index (χ1v) is 7.59. The molecule has 0 aliphatic carbocycles. The van der Waals surface area contributed by atoms with E-state index in [0.717, 1.165) is 10.8 Å². The summed E-state index contributed by atoms with van der Waals surface area (Å²) in [5.74, 6) is -0.184. The molecule has 5 atom stereocenters. The van der Waals surface area contributed by atoms with Crippen molar-refractivity contribution in [2.24, 2.45) is 0 Å². The summed E-state index contributed by atoms with van der Waals surface area (Å²) in [4.78, 5) is 0. The molecule has 22 heavy (non-hydrogen) atoms. The molecule has 9 heteroatoms. The lowest BCUT2D eigenvalue weighted by molar-refractivity contribution is -0.340. The summed E-state index contributed by atoms with van der Waals surface area (Å²) in [6.07, 6.45) is -2.67. The number of fused-ring (bicyclic) bond motifs is 1. The maximum Gasteiger partial charge on any atom is 0.226 e. The molecule has 1 aliphatic rings. The standard InChI is InChI=1S/C13H13BrClNO6/c14-11-12(15,20)13(21,9(18)10(19)22-11)16-5-8(17)6-3-1-2-4-7(6)16/h1-5,9-11,17-21H/t9-,10-,11?,12+,13+/m0/s1. The Morgan fingerprint density at radius 2 is 1.86 bits per heavy atom. The van der Waals surface area contributed by atoms with E-state index in [0.29, 0.717) is 10.9 Å². The lowest BCUT2D eigenvalue weighted by atomic mass is 9.95. The quantitative estimate of drug-likeness (QED) is 0.446. The second kappa shape index (κ2) is 5.07. The Morgan fingerprint density at radius 3 is 2.55 bits per heavy atom. The van der Waals surface area contributed by atoms with Gasteiger partial charge < -0.3 is 34.8 Å². The first-order valence-electron chi connectivity index (χ1n) is 6.30. The number of para-hydroxylation sites is 1. The van der Waals surface area contributed by atoms with Gasteiger partial charge in [0, 0.05) is 11.6 Å². The zero-order chi connectivity index (χ0) is 16.3. The summed E-state index contributed by atoms with van der Waals surface area (Å²) in [5.41, 5.74) is -2.27. The first-order chi connectivity index (χ1) is 10.2. The third kappa shape index (κ3) is 1.93. The summed E-state index contributed by atoms with van der Waals surface area (Å²) >= 11 is 8.90. The van der Waals surface area contributed by atoms with Crippen LogP contribution in [0.5, 0.6) is 5.75 Å². The van der Waals surface area contributed by atoms with Crippen molar-refractivity contribution in [2.45, 2.75) is 28.2 Å². The highest BCUT2D eigenvalue weighted by Crippen LogP contribution is 2.48. The third-order valence-electron chi connectivity index (χ3n) is 3.82. The summed E-state index contributed by atoms with van der Waals surface area (Å²) in [5, 5.41) is 47.8. The van der Waals surface area contributed by atoms with Crippen LogP contribution in [0.25, 0.3) is 10.9 Å². The van der Waals surface area contributed by atoms with Crippen molar-refractivity contribution in [1.29, 1.82) is 0 Å². The van der Waals surface area contributed by atoms with Gasteiger partial charge in [-0.15, -0.1) is 0 Å². The van der Waals surface area contributed by atoms with Crippen LogP contribution in [0.2, 0.25) is 0 Å². The van der Waals surface area contributed by atoms with E-state index >= 15 is 0 Å². The molecule has 1 unspecified atom stereocenters. The zero-order valence-electron chi connectivity index (χ0n) is 11.0. The maximum absolute atomic E-state index is 10.9. The van der Waals surface area contributed by atoms with Gasteiger partial charge in [-0.1, -0.05) is 39.7 Å². The normalized spacial score (nSPS) is 39.3. The molecule has 1 aromatic heterocycles. The van der Waals surface area contributed by atoms with E-state index in [1.165, 1.54) is 0 Å². The number of aromatic nitrogens is 1. The van der Waals surface area contributed by atoms with Gasteiger partial charge >= 0.3 is 0 Å². The van der Waals surface area contributed by atoms with Crippen molar-refractivity contribution in [3.63, 3.8) is 0 Å². The van der Waals surface area contributed by atoms with E-state index < -0.39 is 28.2 Å². The number of hydrogen-bond acceptors (Lipinski definition) is 6. The van der Waals surface area contributed by atoms with Crippen LogP contribution in [0.1, 0.15) is 0 Å². The van der Waals surface area contributed by atoms with Crippen LogP contribution in [-0.4, -0.2) is 52.6 Å². The number of aliphatic hydroxyl groups is 4. The number of alkyl halides is 2. The number of halogens is 2. The minimum absolute atomic E-state index is 0.184. The summed E-state index contributed by atoms with van der Waals surface area (Å²) in [7, 11) is 0. The fourth-order valence-electron chi connectivity index (χ4n) is 2.62. The van der Waals surface area contributed by atoms with Crippen LogP contribution in [0, 0.1) is 0 Å². The van der Waals surface area contributed by atoms with Crippen LogP contribution in [0.3, 0.4) is 0 Å². The minimum Gasteiger partial charge on any atom is -0.506 e. The lowest BCUT2D eigenvalue weighted by Crippen LogP contribution is -2.70. The van der Waals surface area contributed by atoms with Crippen molar-refractivity contribution in [3.8, 4) is 5.75 Å². The number of rotatable bonds is 1. The molecule has 5 N–H and O–H groups in total. The minimum atomic E-state index is -2.57. The fraction of sp³-hybridized carbons (Fsp3) is 0.385. The Kier molecular flexibility index (Phi) is 3.69. The Labute approximate surface area is 138 Å². The van der Waals surface area contributed by atoms with Crippen molar-refractivity contribution in [2.75, 3.05) is 0 Å². The third-order valence-corrected chi connectivity index (χ3v) is 5.43. The molecular weight excluding hydrogens is 382 g/mol. The Bertz CT molecular complexity index is 722. The van der Waals surface area contributed by atoms with Gasteiger partial charge in [0.15, 0.2) is 17.4 Å². The fourth-order valence-corrected chi connectivity index (χ4v) is 3.43. The van der Waals surface area contributed by atoms with Gasteiger partial charge in [-0.3, -0.25) is 0 Å². The van der Waals surface area contributed by atoms with E-state index in [9.17, 15) is 25.5 Å². The predicted octanol–water partition coefficient (Wildman–Crippen LogP) is 0.350. The van der Waals surface area contributed by atoms with Gasteiger partial charge in [-0.05, 0) is 12.1 Å². The van der Waals surface area contributed by atoms with E-state index in [4.69, 9.17) is 16.3 Å². The largest absolute Gasteiger partial charge is 0.506 e. The van der Waals surface area contributed by atoms with Crippen molar-refractivity contribution >= 4 is 38.4 Å². The molecule has 0 saturated carbocycles. The number of ether oxygens (including phenoxy) is 1. The number of aliphatic hydroxyl groups excluding tert-OH is 2. The average Bonchev–Trinajstić information content (AvgIpc) is 2.82. The van der Waals surface area contributed by atoms with E-state index in [1.54, 1.807) is 24.3 Å². The van der Waals surface area contributed by atoms with Gasteiger partial charge in [0.05, 0.1) is 5.52 Å². The number of hydrogen-bond donors (Lipinski definition) is 5. The van der Waals surface area contributed by atoms with Crippen LogP contribution in [0.4, 0.5) is 0 Å². The number of benzene rings is 1. The second-order valence-electron chi connectivity index (χ2n) is 5.09. The molecule has 2 aromatic rings. The SMILES string of the molecule is Oc1cn([C@@]2(O)[C@@H](O)[C@@H](O)OC(Br)[C@]2(O)Cl)c2ccccc12. The topological polar surface area (TPSA) is 115 Å². The van der Waals surface area contributed by atoms with Crippen LogP contribution in [0.15, 0.2) is 30.5 Å². The van der Waals surface area contributed by atoms with Gasteiger partial charge in [-0.2, -0.15) is 0 Å². The first kappa shape index (κ1) is 16.0. The lowest BCUT2D eigenvalue weighted by Gasteiger charge is -2.50. The molecule has 1 aliphatic heterocycles. The molecule has 1 fully saturated rings.